The van der Waals surface area contributed by atoms with Crippen molar-refractivity contribution < 1.29 is 13.9 Å². The summed E-state index contributed by atoms with van der Waals surface area (Å²) in [4.78, 5) is 13.5. The van der Waals surface area contributed by atoms with E-state index in [0.717, 1.165) is 0 Å². The van der Waals surface area contributed by atoms with Gasteiger partial charge in [0.2, 0.25) is 0 Å². The first-order valence-electron chi connectivity index (χ1n) is 13.5. The van der Waals surface area contributed by atoms with Crippen LogP contribution in [0.4, 0.5) is 5.82 Å². The highest BCUT2D eigenvalue weighted by molar-refractivity contribution is 14.1. The fourth-order valence-electron chi connectivity index (χ4n) is 5.59. The van der Waals surface area contributed by atoms with Crippen molar-refractivity contribution in [1.29, 1.82) is 0 Å². The molecule has 0 amide bonds. The number of fused-ring (bicyclic) bond motifs is 1. The number of nitrogens with one attached hydrogen (secondary N) is 1. The van der Waals surface area contributed by atoms with Crippen LogP contribution in [0.1, 0.15) is 27.0 Å². The minimum Gasteiger partial charge on any atom is -0.535 e. The first-order valence-corrected chi connectivity index (χ1v) is 16.7. The molecule has 1 fully saturated rings. The van der Waals surface area contributed by atoms with E-state index in [1.54, 1.807) is 13.4 Å². The Hall–Kier alpha value is -2.84. The highest BCUT2D eigenvalue weighted by atomic mass is 127. The number of anilines is 1. The number of alkyl halides is 1. The molecule has 0 radical (unpaired) electrons. The van der Waals surface area contributed by atoms with Gasteiger partial charge in [0.05, 0.1) is 10.3 Å². The molecule has 4 atom stereocenters. The SMILES string of the molecule is C=C(O[Si](c1ccccc1)(c1ccccc1)C(C)(C)C)[C@H]1O[C@@H](n2cnc3c(NN(C)C)ncnc32)[C@H](OC)[C@@H]1I. The maximum atomic E-state index is 7.23. The molecule has 9 nitrogen and oxygen atoms in total. The van der Waals surface area contributed by atoms with Crippen LogP contribution in [-0.4, -0.2) is 70.2 Å². The van der Waals surface area contributed by atoms with Gasteiger partial charge in [-0.1, -0.05) is 111 Å². The quantitative estimate of drug-likeness (QED) is 0.0907. The van der Waals surface area contributed by atoms with E-state index >= 15 is 0 Å². The van der Waals surface area contributed by atoms with Gasteiger partial charge in [-0.3, -0.25) is 4.57 Å². The van der Waals surface area contributed by atoms with Gasteiger partial charge in [0, 0.05) is 21.2 Å². The number of hydrogen-bond acceptors (Lipinski definition) is 8. The third-order valence-corrected chi connectivity index (χ3v) is 13.8. The van der Waals surface area contributed by atoms with Gasteiger partial charge in [-0.15, -0.1) is 0 Å². The van der Waals surface area contributed by atoms with E-state index in [-0.39, 0.29) is 15.1 Å². The number of halogens is 1. The van der Waals surface area contributed by atoms with E-state index in [1.807, 2.05) is 35.8 Å². The first kappa shape index (κ1) is 29.6. The topological polar surface area (TPSA) is 86.6 Å². The number of ether oxygens (including phenoxy) is 2. The van der Waals surface area contributed by atoms with Crippen molar-refractivity contribution in [3.63, 3.8) is 0 Å². The Bertz CT molecular complexity index is 1460. The Balaban J connectivity index is 1.52. The molecule has 0 saturated carbocycles. The number of hydrazine groups is 1. The van der Waals surface area contributed by atoms with Gasteiger partial charge >= 0.3 is 8.32 Å². The van der Waals surface area contributed by atoms with Crippen molar-refractivity contribution in [1.82, 2.24) is 24.5 Å². The van der Waals surface area contributed by atoms with Crippen LogP contribution < -0.4 is 15.8 Å². The monoisotopic (exact) mass is 684 g/mol. The molecule has 216 valence electrons. The standard InChI is InChI=1S/C30H37IN6O3Si/c1-20(40-41(30(2,3)4,21-14-10-8-11-15-21)22-16-12-9-13-17-22)25-23(31)26(38-7)29(39-25)37-19-34-24-27(35-36(5)6)32-18-33-28(24)37/h8-19,23,25-26,29H,1H2,2-7H3,(H,32,33,35)/t23-,25-,26-,29-/m1/s1. The van der Waals surface area contributed by atoms with Crippen molar-refractivity contribution in [3.8, 4) is 0 Å². The van der Waals surface area contributed by atoms with E-state index in [1.165, 1.54) is 16.7 Å². The van der Waals surface area contributed by atoms with Gasteiger partial charge in [-0.25, -0.2) is 20.0 Å². The minimum atomic E-state index is -2.87. The lowest BCUT2D eigenvalue weighted by Crippen LogP contribution is -2.66. The van der Waals surface area contributed by atoms with Crippen LogP contribution in [0.15, 0.2) is 85.7 Å². The average Bonchev–Trinajstić information content (AvgIpc) is 3.52. The molecule has 1 saturated heterocycles. The minimum absolute atomic E-state index is 0.0769. The van der Waals surface area contributed by atoms with Crippen LogP contribution in [0.3, 0.4) is 0 Å². The predicted octanol–water partition coefficient (Wildman–Crippen LogP) is 4.52. The summed E-state index contributed by atoms with van der Waals surface area (Å²) < 4.78 is 21.8. The number of benzene rings is 2. The van der Waals surface area contributed by atoms with Crippen molar-refractivity contribution in [2.75, 3.05) is 26.6 Å². The van der Waals surface area contributed by atoms with Gasteiger partial charge < -0.3 is 19.3 Å². The van der Waals surface area contributed by atoms with Gasteiger partial charge in [0.15, 0.2) is 23.2 Å². The summed E-state index contributed by atoms with van der Waals surface area (Å²) in [6.07, 6.45) is 2.05. The molecule has 0 unspecified atom stereocenters. The zero-order chi connectivity index (χ0) is 29.4. The number of rotatable bonds is 9. The molecule has 0 spiro atoms. The highest BCUT2D eigenvalue weighted by Gasteiger charge is 2.55. The molecule has 1 aliphatic rings. The normalized spacial score (nSPS) is 21.4. The molecule has 4 aromatic rings. The second kappa shape index (κ2) is 11.8. The van der Waals surface area contributed by atoms with Gasteiger partial charge in [-0.2, -0.15) is 0 Å². The Labute approximate surface area is 256 Å². The van der Waals surface area contributed by atoms with Crippen LogP contribution in [0.2, 0.25) is 5.04 Å². The molecule has 1 aliphatic heterocycles. The second-order valence-corrected chi connectivity index (χ2v) is 17.0. The molecule has 11 heteroatoms. The Morgan fingerprint density at radius 3 is 2.17 bits per heavy atom. The maximum Gasteiger partial charge on any atom is 0.319 e. The molecule has 41 heavy (non-hydrogen) atoms. The predicted molar refractivity (Wildman–Crippen MR) is 173 cm³/mol. The van der Waals surface area contributed by atoms with Gasteiger partial charge in [-0.05, 0) is 15.4 Å². The Morgan fingerprint density at radius 1 is 1.02 bits per heavy atom. The van der Waals surface area contributed by atoms with Gasteiger partial charge in [0.1, 0.15) is 24.3 Å². The number of imidazole rings is 1. The van der Waals surface area contributed by atoms with E-state index in [2.05, 4.69) is 119 Å². The Morgan fingerprint density at radius 2 is 1.63 bits per heavy atom. The van der Waals surface area contributed by atoms with E-state index in [9.17, 15) is 0 Å². The zero-order valence-corrected chi connectivity index (χ0v) is 27.4. The number of hydrogen-bond donors (Lipinski definition) is 1. The summed E-state index contributed by atoms with van der Waals surface area (Å²) in [6, 6.07) is 21.1. The summed E-state index contributed by atoms with van der Waals surface area (Å²) in [7, 11) is 2.62. The van der Waals surface area contributed by atoms with Crippen LogP contribution >= 0.6 is 22.6 Å². The summed E-state index contributed by atoms with van der Waals surface area (Å²) in [6.45, 7) is 11.2. The average molecular weight is 685 g/mol. The highest BCUT2D eigenvalue weighted by Crippen LogP contribution is 2.43. The lowest BCUT2D eigenvalue weighted by Gasteiger charge is -2.44. The summed E-state index contributed by atoms with van der Waals surface area (Å²) in [5.74, 6) is 1.21. The third-order valence-electron chi connectivity index (χ3n) is 7.42. The number of nitrogens with zero attached hydrogens (tertiary/aromatic N) is 5. The first-order chi connectivity index (χ1) is 19.6. The van der Waals surface area contributed by atoms with Crippen molar-refractivity contribution in [2.24, 2.45) is 0 Å². The fraction of sp³-hybridized carbons (Fsp3) is 0.367. The maximum absolute atomic E-state index is 7.23. The van der Waals surface area contributed by atoms with Gasteiger partial charge in [0.25, 0.3) is 0 Å². The molecular weight excluding hydrogens is 647 g/mol. The molecule has 2 aromatic heterocycles. The third kappa shape index (κ3) is 5.41. The Kier molecular flexibility index (Phi) is 8.53. The molecule has 5 rings (SSSR count). The zero-order valence-electron chi connectivity index (χ0n) is 24.3. The van der Waals surface area contributed by atoms with Crippen molar-refractivity contribution in [3.05, 3.63) is 85.7 Å². The molecule has 0 aliphatic carbocycles. The molecule has 0 bridgehead atoms. The summed E-state index contributed by atoms with van der Waals surface area (Å²) in [5.41, 5.74) is 4.49. The second-order valence-electron chi connectivity index (χ2n) is 11.4. The molecule has 2 aromatic carbocycles. The lowest BCUT2D eigenvalue weighted by molar-refractivity contribution is -0.0458. The molecule has 3 heterocycles. The van der Waals surface area contributed by atoms with Crippen LogP contribution in [0, 0.1) is 0 Å². The van der Waals surface area contributed by atoms with Crippen molar-refractivity contribution >= 4 is 58.3 Å². The van der Waals surface area contributed by atoms with Crippen molar-refractivity contribution in [2.45, 2.75) is 48.2 Å². The molecule has 1 N–H and O–H groups in total. The lowest BCUT2D eigenvalue weighted by atomic mass is 10.1. The smallest absolute Gasteiger partial charge is 0.319 e. The molecular formula is C30H37IN6O3Si. The van der Waals surface area contributed by atoms with E-state index < -0.39 is 20.6 Å². The number of methoxy groups -OCH3 is 1. The van der Waals surface area contributed by atoms with E-state index in [0.29, 0.717) is 22.7 Å². The number of aromatic nitrogens is 4. The largest absolute Gasteiger partial charge is 0.535 e. The van der Waals surface area contributed by atoms with E-state index in [4.69, 9.17) is 13.9 Å². The summed E-state index contributed by atoms with van der Waals surface area (Å²) >= 11 is 2.40. The van der Waals surface area contributed by atoms with Crippen LogP contribution in [-0.2, 0) is 13.9 Å². The fourth-order valence-corrected chi connectivity index (χ4v) is 11.3. The van der Waals surface area contributed by atoms with Crippen LogP contribution in [0.5, 0.6) is 0 Å². The summed E-state index contributed by atoms with van der Waals surface area (Å²) in [5, 5.41) is 3.97. The van der Waals surface area contributed by atoms with Crippen LogP contribution in [0.25, 0.3) is 11.2 Å².